The number of nitrogens with one attached hydrogen (secondary N) is 1. The number of morpholine rings is 1. The molecule has 0 radical (unpaired) electrons. The average Bonchev–Trinajstić information content (AvgIpc) is 3.41. The van der Waals surface area contributed by atoms with Gasteiger partial charge >= 0.3 is 0 Å². The Morgan fingerprint density at radius 1 is 0.943 bits per heavy atom. The van der Waals surface area contributed by atoms with Crippen LogP contribution in [0.4, 0.5) is 5.82 Å². The summed E-state index contributed by atoms with van der Waals surface area (Å²) in [5, 5.41) is 6.25. The highest BCUT2D eigenvalue weighted by Gasteiger charge is 2.27. The molecule has 1 aliphatic carbocycles. The summed E-state index contributed by atoms with van der Waals surface area (Å²) in [5.41, 5.74) is 5.28. The Hall–Kier alpha value is -2.94. The third kappa shape index (κ3) is 4.30. The minimum atomic E-state index is 0.742. The lowest BCUT2D eigenvalue weighted by molar-refractivity contribution is 0.121. The van der Waals surface area contributed by atoms with Crippen LogP contribution in [0.15, 0.2) is 42.6 Å². The van der Waals surface area contributed by atoms with Gasteiger partial charge in [-0.25, -0.2) is 4.98 Å². The predicted molar refractivity (Wildman–Crippen MR) is 138 cm³/mol. The smallest absolute Gasteiger partial charge is 0.158 e. The van der Waals surface area contributed by atoms with Gasteiger partial charge in [0.15, 0.2) is 5.65 Å². The van der Waals surface area contributed by atoms with Gasteiger partial charge in [0.2, 0.25) is 0 Å². The lowest BCUT2D eigenvalue weighted by atomic mass is 10.1. The second-order valence-corrected chi connectivity index (χ2v) is 10.3. The van der Waals surface area contributed by atoms with Gasteiger partial charge in [0.1, 0.15) is 5.82 Å². The molecule has 1 saturated carbocycles. The maximum atomic E-state index is 5.64. The molecule has 1 aromatic carbocycles. The van der Waals surface area contributed by atoms with Crippen molar-refractivity contribution in [2.45, 2.75) is 19.4 Å². The molecule has 2 saturated heterocycles. The molecule has 0 unspecified atom stereocenters. The van der Waals surface area contributed by atoms with Gasteiger partial charge in [-0.05, 0) is 30.9 Å². The topological polar surface area (TPSA) is 64.9 Å². The second-order valence-electron chi connectivity index (χ2n) is 10.3. The SMILES string of the molecule is c1cc(-c2cc(N3CCOCC3)n3nc(CN4CCN(CC5CC5)CC4)cc3n2)c2cc[nH]c2c1. The van der Waals surface area contributed by atoms with Crippen LogP contribution in [0.2, 0.25) is 0 Å². The summed E-state index contributed by atoms with van der Waals surface area (Å²) in [6, 6.07) is 12.9. The first-order valence-electron chi connectivity index (χ1n) is 13.0. The van der Waals surface area contributed by atoms with Gasteiger partial charge in [0, 0.05) is 87.2 Å². The molecule has 182 valence electrons. The molecule has 35 heavy (non-hydrogen) atoms. The molecule has 3 fully saturated rings. The van der Waals surface area contributed by atoms with E-state index in [2.05, 4.69) is 56.1 Å². The van der Waals surface area contributed by atoms with E-state index in [9.17, 15) is 0 Å². The number of ether oxygens (including phenoxy) is 1. The number of anilines is 1. The summed E-state index contributed by atoms with van der Waals surface area (Å²) >= 11 is 0. The second kappa shape index (κ2) is 8.93. The van der Waals surface area contributed by atoms with E-state index >= 15 is 0 Å². The first-order valence-corrected chi connectivity index (χ1v) is 13.0. The van der Waals surface area contributed by atoms with Crippen molar-refractivity contribution in [2.24, 2.45) is 5.92 Å². The molecule has 3 aliphatic rings. The molecule has 3 aromatic heterocycles. The molecule has 1 N–H and O–H groups in total. The molecule has 8 heteroatoms. The van der Waals surface area contributed by atoms with Crippen molar-refractivity contribution in [2.75, 3.05) is 63.9 Å². The molecule has 4 aromatic rings. The van der Waals surface area contributed by atoms with Crippen LogP contribution < -0.4 is 4.90 Å². The Kier molecular flexibility index (Phi) is 5.45. The van der Waals surface area contributed by atoms with Crippen LogP contribution in [0, 0.1) is 5.92 Å². The predicted octanol–water partition coefficient (Wildman–Crippen LogP) is 3.24. The molecule has 0 spiro atoms. The van der Waals surface area contributed by atoms with Crippen LogP contribution in [0.1, 0.15) is 18.5 Å². The highest BCUT2D eigenvalue weighted by atomic mass is 16.5. The Balaban J connectivity index is 1.21. The third-order valence-corrected chi connectivity index (χ3v) is 7.73. The van der Waals surface area contributed by atoms with E-state index < -0.39 is 0 Å². The van der Waals surface area contributed by atoms with E-state index in [-0.39, 0.29) is 0 Å². The number of fused-ring (bicyclic) bond motifs is 2. The van der Waals surface area contributed by atoms with Crippen molar-refractivity contribution < 1.29 is 4.74 Å². The van der Waals surface area contributed by atoms with Crippen LogP contribution >= 0.6 is 0 Å². The minimum Gasteiger partial charge on any atom is -0.378 e. The molecular formula is C27H33N7O. The zero-order valence-corrected chi connectivity index (χ0v) is 20.2. The summed E-state index contributed by atoms with van der Waals surface area (Å²) < 4.78 is 7.68. The zero-order chi connectivity index (χ0) is 23.2. The normalized spacial score (nSPS) is 20.3. The lowest BCUT2D eigenvalue weighted by Gasteiger charge is -2.34. The molecule has 0 amide bonds. The summed E-state index contributed by atoms with van der Waals surface area (Å²) in [5.74, 6) is 2.07. The first kappa shape index (κ1) is 21.4. The summed E-state index contributed by atoms with van der Waals surface area (Å²) in [6.07, 6.45) is 4.86. The first-order chi connectivity index (χ1) is 17.3. The van der Waals surface area contributed by atoms with Crippen molar-refractivity contribution in [3.63, 3.8) is 0 Å². The maximum Gasteiger partial charge on any atom is 0.158 e. The van der Waals surface area contributed by atoms with E-state index in [0.717, 1.165) is 85.8 Å². The number of hydrogen-bond acceptors (Lipinski definition) is 6. The summed E-state index contributed by atoms with van der Waals surface area (Å²) in [4.78, 5) is 16.0. The van der Waals surface area contributed by atoms with Crippen molar-refractivity contribution in [1.82, 2.24) is 29.4 Å². The Morgan fingerprint density at radius 2 is 1.77 bits per heavy atom. The summed E-state index contributed by atoms with van der Waals surface area (Å²) in [7, 11) is 0. The number of H-pyrrole nitrogens is 1. The van der Waals surface area contributed by atoms with Crippen molar-refractivity contribution in [3.05, 3.63) is 48.3 Å². The number of benzene rings is 1. The fourth-order valence-electron chi connectivity index (χ4n) is 5.57. The van der Waals surface area contributed by atoms with Gasteiger partial charge in [-0.2, -0.15) is 9.61 Å². The quantitative estimate of drug-likeness (QED) is 0.466. The monoisotopic (exact) mass is 471 g/mol. The number of rotatable bonds is 6. The molecular weight excluding hydrogens is 438 g/mol. The molecule has 0 atom stereocenters. The molecule has 8 nitrogen and oxygen atoms in total. The standard InChI is InChI=1S/C27H33N7O/c1-2-22(23-6-7-28-24(23)3-1)25-17-27(33-12-14-35-15-13-33)34-26(29-25)16-21(30-34)19-32-10-8-31(9-11-32)18-20-4-5-20/h1-3,6-7,16-17,20,28H,4-5,8-15,18-19H2. The highest BCUT2D eigenvalue weighted by molar-refractivity contribution is 5.94. The Bertz CT molecular complexity index is 1330. The zero-order valence-electron chi connectivity index (χ0n) is 20.2. The molecule has 7 rings (SSSR count). The van der Waals surface area contributed by atoms with Crippen LogP contribution in [0.5, 0.6) is 0 Å². The fourth-order valence-corrected chi connectivity index (χ4v) is 5.57. The van der Waals surface area contributed by atoms with Crippen LogP contribution in [-0.4, -0.2) is 88.4 Å². The van der Waals surface area contributed by atoms with Crippen LogP contribution in [0.3, 0.4) is 0 Å². The third-order valence-electron chi connectivity index (χ3n) is 7.73. The number of nitrogens with zero attached hydrogens (tertiary/aromatic N) is 6. The van der Waals surface area contributed by atoms with E-state index in [1.807, 2.05) is 10.7 Å². The van der Waals surface area contributed by atoms with Crippen molar-refractivity contribution in [1.29, 1.82) is 0 Å². The fraction of sp³-hybridized carbons (Fsp3) is 0.481. The minimum absolute atomic E-state index is 0.742. The highest BCUT2D eigenvalue weighted by Crippen LogP contribution is 2.31. The lowest BCUT2D eigenvalue weighted by Crippen LogP contribution is -2.46. The number of aromatic nitrogens is 4. The van der Waals surface area contributed by atoms with E-state index in [1.165, 1.54) is 37.9 Å². The van der Waals surface area contributed by atoms with Gasteiger partial charge in [0.25, 0.3) is 0 Å². The average molecular weight is 472 g/mol. The van der Waals surface area contributed by atoms with Crippen molar-refractivity contribution >= 4 is 22.4 Å². The van der Waals surface area contributed by atoms with Gasteiger partial charge in [-0.3, -0.25) is 4.90 Å². The molecule has 2 aliphatic heterocycles. The maximum absolute atomic E-state index is 5.64. The molecule has 0 bridgehead atoms. The van der Waals surface area contributed by atoms with Gasteiger partial charge in [0.05, 0.1) is 24.6 Å². The van der Waals surface area contributed by atoms with Gasteiger partial charge < -0.3 is 19.5 Å². The Morgan fingerprint density at radius 3 is 2.60 bits per heavy atom. The van der Waals surface area contributed by atoms with Gasteiger partial charge in [-0.1, -0.05) is 12.1 Å². The van der Waals surface area contributed by atoms with Crippen LogP contribution in [-0.2, 0) is 11.3 Å². The van der Waals surface area contributed by atoms with Crippen molar-refractivity contribution in [3.8, 4) is 11.3 Å². The largest absolute Gasteiger partial charge is 0.378 e. The summed E-state index contributed by atoms with van der Waals surface area (Å²) in [6.45, 7) is 9.97. The van der Waals surface area contributed by atoms with E-state index in [4.69, 9.17) is 14.8 Å². The molecule has 5 heterocycles. The number of hydrogen-bond donors (Lipinski definition) is 1. The number of piperazine rings is 1. The Labute approximate surface area is 205 Å². The number of aromatic amines is 1. The van der Waals surface area contributed by atoms with E-state index in [1.54, 1.807) is 0 Å². The van der Waals surface area contributed by atoms with Gasteiger partial charge in [-0.15, -0.1) is 0 Å². The van der Waals surface area contributed by atoms with E-state index in [0.29, 0.717) is 0 Å². The van der Waals surface area contributed by atoms with Crippen LogP contribution in [0.25, 0.3) is 27.8 Å².